The normalized spacial score (nSPS) is 17.3. The molecule has 0 fully saturated rings. The van der Waals surface area contributed by atoms with Crippen molar-refractivity contribution in [3.05, 3.63) is 53.6 Å². The molecule has 1 atom stereocenters. The molecule has 160 valence electrons. The molecule has 3 rings (SSSR count). The Morgan fingerprint density at radius 2 is 1.80 bits per heavy atom. The van der Waals surface area contributed by atoms with Crippen molar-refractivity contribution in [2.75, 3.05) is 10.8 Å². The van der Waals surface area contributed by atoms with Gasteiger partial charge >= 0.3 is 12.3 Å². The molecule has 11 heteroatoms. The van der Waals surface area contributed by atoms with E-state index in [1.54, 1.807) is 19.1 Å². The number of aryl methyl sites for hydroxylation is 1. The number of halogens is 3. The van der Waals surface area contributed by atoms with Gasteiger partial charge in [-0.05, 0) is 43.7 Å². The van der Waals surface area contributed by atoms with Crippen molar-refractivity contribution in [3.63, 3.8) is 0 Å². The molecular weight excluding hydrogens is 427 g/mol. The van der Waals surface area contributed by atoms with E-state index in [-0.39, 0.29) is 23.5 Å². The minimum atomic E-state index is -5.04. The molecular formula is C19H16F3NO6S. The molecule has 2 aromatic rings. The van der Waals surface area contributed by atoms with Crippen LogP contribution in [-0.2, 0) is 14.8 Å². The molecule has 1 heterocycles. The van der Waals surface area contributed by atoms with Gasteiger partial charge in [0.2, 0.25) is 0 Å². The standard InChI is InChI=1S/C19H16F3NO6S/c1-11-2-5-13(6-3-11)30(27,28)23-9-8-14(18(25)26)17(24)15-10-12(4-7-16(15)23)29-19(20,21)22/h2-7,10,14H,8-9H2,1H3,(H,25,26). The third-order valence-corrected chi connectivity index (χ3v) is 6.41. The first-order chi connectivity index (χ1) is 13.9. The van der Waals surface area contributed by atoms with Gasteiger partial charge in [0.05, 0.1) is 10.6 Å². The molecule has 30 heavy (non-hydrogen) atoms. The van der Waals surface area contributed by atoms with Gasteiger partial charge in [-0.1, -0.05) is 17.7 Å². The number of carbonyl (C=O) groups excluding carboxylic acids is 1. The summed E-state index contributed by atoms with van der Waals surface area (Å²) >= 11 is 0. The van der Waals surface area contributed by atoms with E-state index < -0.39 is 45.4 Å². The van der Waals surface area contributed by atoms with Crippen molar-refractivity contribution in [1.29, 1.82) is 0 Å². The number of carbonyl (C=O) groups is 2. The summed E-state index contributed by atoms with van der Waals surface area (Å²) in [5.74, 6) is -4.86. The lowest BCUT2D eigenvalue weighted by Crippen LogP contribution is -2.32. The second-order valence-electron chi connectivity index (χ2n) is 6.66. The fraction of sp³-hybridized carbons (Fsp3) is 0.263. The first kappa shape index (κ1) is 21.6. The van der Waals surface area contributed by atoms with Crippen LogP contribution < -0.4 is 9.04 Å². The molecule has 1 aliphatic heterocycles. The van der Waals surface area contributed by atoms with Crippen molar-refractivity contribution in [3.8, 4) is 5.75 Å². The maximum Gasteiger partial charge on any atom is 0.573 e. The van der Waals surface area contributed by atoms with Crippen LogP contribution in [0.1, 0.15) is 22.3 Å². The highest BCUT2D eigenvalue weighted by molar-refractivity contribution is 7.92. The van der Waals surface area contributed by atoms with Crippen LogP contribution in [0.2, 0.25) is 0 Å². The molecule has 0 aromatic heterocycles. The molecule has 2 aromatic carbocycles. The fourth-order valence-electron chi connectivity index (χ4n) is 3.14. The minimum Gasteiger partial charge on any atom is -0.481 e. The maximum atomic E-state index is 13.2. The number of carboxylic acids is 1. The number of fused-ring (bicyclic) bond motifs is 1. The summed E-state index contributed by atoms with van der Waals surface area (Å²) in [6.07, 6.45) is -5.38. The van der Waals surface area contributed by atoms with E-state index in [1.165, 1.54) is 12.1 Å². The Bertz CT molecular complexity index is 1100. The number of ether oxygens (including phenoxy) is 1. The molecule has 1 aliphatic rings. The highest BCUT2D eigenvalue weighted by Crippen LogP contribution is 2.36. The number of hydrogen-bond donors (Lipinski definition) is 1. The average Bonchev–Trinajstić information content (AvgIpc) is 2.78. The first-order valence-electron chi connectivity index (χ1n) is 8.66. The molecule has 0 bridgehead atoms. The van der Waals surface area contributed by atoms with E-state index in [1.807, 2.05) is 0 Å². The smallest absolute Gasteiger partial charge is 0.481 e. The lowest BCUT2D eigenvalue weighted by molar-refractivity contribution is -0.274. The highest BCUT2D eigenvalue weighted by Gasteiger charge is 2.39. The Morgan fingerprint density at radius 1 is 1.17 bits per heavy atom. The van der Waals surface area contributed by atoms with Crippen LogP contribution in [0.15, 0.2) is 47.4 Å². The third kappa shape index (κ3) is 4.25. The number of benzene rings is 2. The van der Waals surface area contributed by atoms with Gasteiger partial charge in [0.25, 0.3) is 10.0 Å². The van der Waals surface area contributed by atoms with Gasteiger partial charge in [0, 0.05) is 12.1 Å². The minimum absolute atomic E-state index is 0.101. The zero-order valence-corrected chi connectivity index (χ0v) is 16.3. The number of anilines is 1. The van der Waals surface area contributed by atoms with Crippen LogP contribution >= 0.6 is 0 Å². The quantitative estimate of drug-likeness (QED) is 0.728. The van der Waals surface area contributed by atoms with E-state index in [0.717, 1.165) is 22.0 Å². The van der Waals surface area contributed by atoms with Crippen molar-refractivity contribution in [1.82, 2.24) is 0 Å². The second-order valence-corrected chi connectivity index (χ2v) is 8.52. The van der Waals surface area contributed by atoms with Crippen molar-refractivity contribution in [2.45, 2.75) is 24.6 Å². The van der Waals surface area contributed by atoms with Gasteiger partial charge in [-0.25, -0.2) is 8.42 Å². The van der Waals surface area contributed by atoms with Crippen LogP contribution in [0, 0.1) is 12.8 Å². The molecule has 1 N–H and O–H groups in total. The zero-order chi connectivity index (χ0) is 22.3. The summed E-state index contributed by atoms with van der Waals surface area (Å²) in [6.45, 7) is 1.42. The Balaban J connectivity index is 2.15. The molecule has 0 amide bonds. The van der Waals surface area contributed by atoms with Crippen LogP contribution in [-0.4, -0.2) is 38.2 Å². The van der Waals surface area contributed by atoms with Crippen LogP contribution in [0.4, 0.5) is 18.9 Å². The molecule has 7 nitrogen and oxygen atoms in total. The summed E-state index contributed by atoms with van der Waals surface area (Å²) in [5, 5.41) is 9.35. The van der Waals surface area contributed by atoms with Crippen molar-refractivity contribution < 1.29 is 41.0 Å². The van der Waals surface area contributed by atoms with E-state index in [0.29, 0.717) is 6.07 Å². The zero-order valence-electron chi connectivity index (χ0n) is 15.5. The number of Topliss-reactive ketones (excluding diaryl/α,β-unsaturated/α-hetero) is 1. The maximum absolute atomic E-state index is 13.2. The topological polar surface area (TPSA) is 101 Å². The number of hydrogen-bond acceptors (Lipinski definition) is 5. The molecule has 0 spiro atoms. The molecule has 0 saturated carbocycles. The second kappa shape index (κ2) is 7.63. The third-order valence-electron chi connectivity index (χ3n) is 4.58. The van der Waals surface area contributed by atoms with Gasteiger partial charge < -0.3 is 9.84 Å². The van der Waals surface area contributed by atoms with Gasteiger partial charge in [-0.3, -0.25) is 13.9 Å². The summed E-state index contributed by atoms with van der Waals surface area (Å²) in [6, 6.07) is 8.43. The SMILES string of the molecule is Cc1ccc(S(=O)(=O)N2CCC(C(=O)O)C(=O)c3cc(OC(F)(F)F)ccc32)cc1. The Kier molecular flexibility index (Phi) is 5.50. The number of rotatable bonds is 4. The molecule has 1 unspecified atom stereocenters. The Labute approximate surface area is 169 Å². The van der Waals surface area contributed by atoms with Crippen molar-refractivity contribution in [2.24, 2.45) is 5.92 Å². The fourth-order valence-corrected chi connectivity index (χ4v) is 4.63. The summed E-state index contributed by atoms with van der Waals surface area (Å²) in [7, 11) is -4.21. The molecule has 0 radical (unpaired) electrons. The van der Waals surface area contributed by atoms with Crippen LogP contribution in [0.5, 0.6) is 5.75 Å². The van der Waals surface area contributed by atoms with Gasteiger partial charge in [-0.2, -0.15) is 0 Å². The number of ketones is 1. The van der Waals surface area contributed by atoms with Gasteiger partial charge in [-0.15, -0.1) is 13.2 Å². The van der Waals surface area contributed by atoms with E-state index in [4.69, 9.17) is 0 Å². The number of sulfonamides is 1. The van der Waals surface area contributed by atoms with E-state index >= 15 is 0 Å². The predicted molar refractivity (Wildman–Crippen MR) is 98.9 cm³/mol. The predicted octanol–water partition coefficient (Wildman–Crippen LogP) is 3.38. The van der Waals surface area contributed by atoms with Gasteiger partial charge in [0.15, 0.2) is 5.78 Å². The summed E-state index contributed by atoms with van der Waals surface area (Å²) < 4.78 is 68.7. The van der Waals surface area contributed by atoms with Gasteiger partial charge in [0.1, 0.15) is 11.7 Å². The number of aliphatic carboxylic acids is 1. The van der Waals surface area contributed by atoms with E-state index in [9.17, 15) is 36.3 Å². The Hall–Kier alpha value is -3.08. The van der Waals surface area contributed by atoms with E-state index in [2.05, 4.69) is 4.74 Å². The monoisotopic (exact) mass is 443 g/mol. The van der Waals surface area contributed by atoms with Crippen molar-refractivity contribution >= 4 is 27.5 Å². The lowest BCUT2D eigenvalue weighted by Gasteiger charge is -2.24. The highest BCUT2D eigenvalue weighted by atomic mass is 32.2. The van der Waals surface area contributed by atoms with Crippen LogP contribution in [0.25, 0.3) is 0 Å². The Morgan fingerprint density at radius 3 is 2.37 bits per heavy atom. The number of alkyl halides is 3. The largest absolute Gasteiger partial charge is 0.573 e. The first-order valence-corrected chi connectivity index (χ1v) is 10.1. The average molecular weight is 443 g/mol. The number of carboxylic acid groups (broad SMARTS) is 1. The summed E-state index contributed by atoms with van der Waals surface area (Å²) in [5.41, 5.74) is 0.122. The summed E-state index contributed by atoms with van der Waals surface area (Å²) in [4.78, 5) is 24.1. The molecule has 0 saturated heterocycles. The number of nitrogens with zero attached hydrogens (tertiary/aromatic N) is 1. The van der Waals surface area contributed by atoms with Crippen LogP contribution in [0.3, 0.4) is 0 Å². The molecule has 0 aliphatic carbocycles. The lowest BCUT2D eigenvalue weighted by atomic mass is 9.95.